The van der Waals surface area contributed by atoms with Crippen molar-refractivity contribution in [2.75, 3.05) is 39.3 Å². The van der Waals surface area contributed by atoms with Crippen LogP contribution in [0.25, 0.3) is 0 Å². The minimum atomic E-state index is -0.940. The Kier molecular flexibility index (Phi) is 19.4. The largest absolute Gasteiger partial charge is 0.504 e. The zero-order chi connectivity index (χ0) is 79.7. The third-order valence-electron chi connectivity index (χ3n) is 30.8. The lowest BCUT2D eigenvalue weighted by Gasteiger charge is -2.65. The maximum atomic E-state index is 12.9. The van der Waals surface area contributed by atoms with Crippen LogP contribution in [-0.4, -0.2) is 159 Å². The minimum absolute atomic E-state index is 0.0454. The smallest absolute Gasteiger partial charge is 0.174 e. The molecule has 3 spiro atoms. The summed E-state index contributed by atoms with van der Waals surface area (Å²) in [6, 6.07) is 75.3. The summed E-state index contributed by atoms with van der Waals surface area (Å²) < 4.78 is 19.8. The number of nitrogens with zero attached hydrogens (tertiary/aromatic N) is 5. The minimum Gasteiger partial charge on any atom is -0.504 e. The average Bonchev–Trinajstić information content (AvgIpc) is 1.45. The summed E-state index contributed by atoms with van der Waals surface area (Å²) in [5.74, 6) is 4.59. The molecule has 610 valence electrons. The van der Waals surface area contributed by atoms with E-state index in [9.17, 15) is 35.4 Å². The molecule has 24 rings (SSSR count). The van der Waals surface area contributed by atoms with Gasteiger partial charge in [-0.25, -0.2) is 0 Å². The van der Waals surface area contributed by atoms with Gasteiger partial charge in [0, 0.05) is 106 Å². The summed E-state index contributed by atoms with van der Waals surface area (Å²) in [6.07, 6.45) is 16.9. The number of carbonyl (C=O) groups is 1. The molecule has 6 heterocycles. The van der Waals surface area contributed by atoms with Gasteiger partial charge >= 0.3 is 0 Å². The molecule has 3 saturated heterocycles. The maximum absolute atomic E-state index is 12.9. The third kappa shape index (κ3) is 12.7. The third-order valence-corrected chi connectivity index (χ3v) is 30.8. The van der Waals surface area contributed by atoms with E-state index in [4.69, 9.17) is 14.2 Å². The second-order valence-corrected chi connectivity index (χ2v) is 37.5. The number of nitrogens with one attached hydrogen (secondary N) is 1. The lowest BCUT2D eigenvalue weighted by molar-refractivity contribution is -0.202. The van der Waals surface area contributed by atoms with Crippen molar-refractivity contribution in [2.45, 2.75) is 224 Å². The van der Waals surface area contributed by atoms with E-state index in [1.54, 1.807) is 12.1 Å². The zero-order valence-electron chi connectivity index (χ0n) is 67.7. The number of rotatable bonds is 20. The Morgan fingerprint density at radius 1 is 0.390 bits per heavy atom. The highest BCUT2D eigenvalue weighted by Gasteiger charge is 2.76. The van der Waals surface area contributed by atoms with Gasteiger partial charge in [0.25, 0.3) is 0 Å². The molecule has 5 saturated carbocycles. The predicted molar refractivity (Wildman–Crippen MR) is 454 cm³/mol. The van der Waals surface area contributed by atoms with Crippen molar-refractivity contribution >= 4 is 5.78 Å². The number of ketones is 1. The number of ether oxygens (including phenoxy) is 3. The Balaban J connectivity index is 0.000000103. The molecule has 6 aliphatic heterocycles. The Morgan fingerprint density at radius 3 is 1.19 bits per heavy atom. The maximum Gasteiger partial charge on any atom is 0.174 e. The summed E-state index contributed by atoms with van der Waals surface area (Å²) in [7, 11) is 0. The number of carbonyl (C=O) groups excluding carboxylic acids is 1. The highest BCUT2D eigenvalue weighted by molar-refractivity contribution is 5.90. The van der Waals surface area contributed by atoms with Crippen LogP contribution in [0.1, 0.15) is 157 Å². The number of aliphatic hydroxyl groups is 3. The van der Waals surface area contributed by atoms with E-state index in [1.807, 2.05) is 24.3 Å². The van der Waals surface area contributed by atoms with E-state index < -0.39 is 39.2 Å². The Labute approximate surface area is 693 Å². The first-order valence-corrected chi connectivity index (χ1v) is 44.2. The van der Waals surface area contributed by atoms with E-state index >= 15 is 0 Å². The van der Waals surface area contributed by atoms with Gasteiger partial charge in [0.2, 0.25) is 0 Å². The van der Waals surface area contributed by atoms with Gasteiger partial charge < -0.3 is 55.1 Å². The summed E-state index contributed by atoms with van der Waals surface area (Å²) in [6.45, 7) is 11.1. The molecule has 0 radical (unpaired) electrons. The Bertz CT molecular complexity index is 5110. The number of phenols is 3. The molecule has 9 aromatic rings. The van der Waals surface area contributed by atoms with Crippen LogP contribution in [-0.2, 0) is 79.6 Å². The number of aromatic hydroxyl groups is 3. The molecular weight excluding hydrogens is 1470 g/mol. The van der Waals surface area contributed by atoms with E-state index in [2.05, 4.69) is 218 Å². The first kappa shape index (κ1) is 76.1. The van der Waals surface area contributed by atoms with Crippen molar-refractivity contribution in [3.63, 3.8) is 0 Å². The molecule has 9 aliphatic carbocycles. The molecule has 16 heteroatoms. The van der Waals surface area contributed by atoms with Gasteiger partial charge in [0.15, 0.2) is 52.5 Å². The van der Waals surface area contributed by atoms with E-state index in [1.165, 1.54) is 83.0 Å². The second kappa shape index (κ2) is 30.1. The number of hydrogen-bond acceptors (Lipinski definition) is 16. The van der Waals surface area contributed by atoms with Crippen LogP contribution >= 0.6 is 0 Å². The fourth-order valence-electron chi connectivity index (χ4n) is 24.8. The van der Waals surface area contributed by atoms with E-state index in [-0.39, 0.29) is 59.4 Å². The number of benzene rings is 9. The van der Waals surface area contributed by atoms with Gasteiger partial charge in [-0.2, -0.15) is 0 Å². The van der Waals surface area contributed by atoms with Gasteiger partial charge in [0.05, 0.1) is 38.7 Å². The highest BCUT2D eigenvalue weighted by Crippen LogP contribution is 2.70. The summed E-state index contributed by atoms with van der Waals surface area (Å²) in [5.41, 5.74) is 11.1. The van der Waals surface area contributed by atoms with Gasteiger partial charge in [-0.05, 0) is 208 Å². The number of Topliss-reactive ketones (excluding diaryl/α,β-unsaturated/α-hetero) is 1. The molecule has 9 aromatic carbocycles. The topological polar surface area (TPSA) is 194 Å². The van der Waals surface area contributed by atoms with Crippen LogP contribution in [0.3, 0.4) is 0 Å². The molecule has 118 heavy (non-hydrogen) atoms. The van der Waals surface area contributed by atoms with Gasteiger partial charge in [-0.15, -0.1) is 0 Å². The molecular formula is C102H112N6O10. The standard InChI is InChI=1S/C34H38N2O3.C34H36N2O3.C20H23NO4.C14H15N/c2*37-28-14-13-26-19-29-34(38)16-15-27(36(21-23-7-3-1-4-8-23)22-24-9-5-2-6-10-24)32-33(34,30(26)31(28)39-32)17-18-35(29)20-25-11-12-25;22-13-4-3-12-9-15-20(24)6-5-14(23)18-19(20,16(12)17(13)25-18)7-8-21(15)10-11-1-2-11;1-3-7-13(8-4-1)11-15-12-14-9-5-2-6-10-14/h1-10,13-14,25,27,29,32,37-38H,11-12,15-22H2;1-10,13-15,25,29,32,37-38H,11-12,16-22H2;3-4,11,15,18,22,24H,1-2,5-10H2;1-10,15H,11-12H2/t27-,29?,32+,33+,34-;29?,32-,33-,34+;15?,18-,19-,20+;/m011./s1. The number of hydrogen-bond donors (Lipinski definition) is 7. The second-order valence-electron chi connectivity index (χ2n) is 37.5. The molecule has 0 aromatic heterocycles. The first-order chi connectivity index (χ1) is 57.6. The van der Waals surface area contributed by atoms with Crippen LogP contribution in [0.15, 0.2) is 230 Å². The van der Waals surface area contributed by atoms with Crippen molar-refractivity contribution in [2.24, 2.45) is 17.8 Å². The lowest BCUT2D eigenvalue weighted by Crippen LogP contribution is -2.78. The Morgan fingerprint density at radius 2 is 0.754 bits per heavy atom. The molecule has 6 bridgehead atoms. The first-order valence-electron chi connectivity index (χ1n) is 44.2. The number of likely N-dealkylation sites (tertiary alicyclic amines) is 3. The monoisotopic (exact) mass is 1580 g/mol. The van der Waals surface area contributed by atoms with Crippen LogP contribution in [0.4, 0.5) is 0 Å². The predicted octanol–water partition coefficient (Wildman–Crippen LogP) is 14.7. The molecule has 15 aliphatic rings. The number of phenolic OH excluding ortho intramolecular Hbond substituents is 3. The van der Waals surface area contributed by atoms with Gasteiger partial charge in [-0.3, -0.25) is 24.4 Å². The summed E-state index contributed by atoms with van der Waals surface area (Å²) in [4.78, 5) is 25.4. The molecule has 16 nitrogen and oxygen atoms in total. The van der Waals surface area contributed by atoms with Crippen LogP contribution < -0.4 is 19.5 Å². The van der Waals surface area contributed by atoms with Crippen molar-refractivity contribution in [3.8, 4) is 34.5 Å². The van der Waals surface area contributed by atoms with Crippen molar-refractivity contribution in [1.29, 1.82) is 0 Å². The summed E-state index contributed by atoms with van der Waals surface area (Å²) in [5, 5.41) is 73.4. The molecule has 8 fully saturated rings. The van der Waals surface area contributed by atoms with Gasteiger partial charge in [-0.1, -0.05) is 206 Å². The summed E-state index contributed by atoms with van der Waals surface area (Å²) >= 11 is 0. The fraction of sp³-hybridized carbons (Fsp3) is 0.441. The van der Waals surface area contributed by atoms with Crippen molar-refractivity contribution in [3.05, 3.63) is 297 Å². The fourth-order valence-corrected chi connectivity index (χ4v) is 24.8. The van der Waals surface area contributed by atoms with Gasteiger partial charge in [0.1, 0.15) is 6.10 Å². The Hall–Kier alpha value is -9.33. The lowest BCUT2D eigenvalue weighted by atomic mass is 9.48. The quantitative estimate of drug-likeness (QED) is 0.0381. The SMILES string of the molecule is O=C1CC[C@]2(O)C3Cc4ccc(O)c5c4[C@]2(CCN3CC2CC2)[C@@H]1O5.Oc1ccc2c3c1O[C@@H]1C(N(Cc4ccccc4)Cc4ccccc4)=CC[C@]4(O)C(C2)N(CC2CC2)CC[C@@]314.Oc1ccc2c3c1O[C@@H]1[C@@H](N(Cc4ccccc4)Cc4ccccc4)CC[C@]4(O)C(C2)N(CC2CC2)CC[C@@]314.c1ccc(CNCc2ccccc2)cc1. The molecule has 3 unspecified atom stereocenters. The van der Waals surface area contributed by atoms with Crippen molar-refractivity contribution in [1.82, 2.24) is 29.8 Å². The zero-order valence-corrected chi connectivity index (χ0v) is 67.7. The highest BCUT2D eigenvalue weighted by atomic mass is 16.5. The molecule has 7 N–H and O–H groups in total. The van der Waals surface area contributed by atoms with Crippen LogP contribution in [0.5, 0.6) is 34.5 Å². The van der Waals surface area contributed by atoms with Crippen LogP contribution in [0, 0.1) is 17.8 Å². The average molecular weight is 1580 g/mol. The van der Waals surface area contributed by atoms with E-state index in [0.29, 0.717) is 36.5 Å². The number of piperidine rings is 3. The van der Waals surface area contributed by atoms with Crippen LogP contribution in [0.2, 0.25) is 0 Å². The molecule has 0 amide bonds. The van der Waals surface area contributed by atoms with Crippen molar-refractivity contribution < 1.29 is 49.6 Å². The van der Waals surface area contributed by atoms with E-state index in [0.717, 1.165) is 176 Å². The normalized spacial score (nSPS) is 30.9. The molecule has 13 atom stereocenters.